The number of amides is 1. The summed E-state index contributed by atoms with van der Waals surface area (Å²) in [5.41, 5.74) is 0.529. The van der Waals surface area contributed by atoms with Crippen molar-refractivity contribution in [1.29, 1.82) is 0 Å². The normalized spacial score (nSPS) is 14.4. The second-order valence-corrected chi connectivity index (χ2v) is 5.16. The first-order chi connectivity index (χ1) is 10.6. The van der Waals surface area contributed by atoms with Crippen LogP contribution in [0.25, 0.3) is 5.69 Å². The van der Waals surface area contributed by atoms with Crippen molar-refractivity contribution in [3.8, 4) is 5.69 Å². The van der Waals surface area contributed by atoms with Gasteiger partial charge >= 0.3 is 0 Å². The molecule has 0 bridgehead atoms. The Bertz CT molecular complexity index is 695. The molecule has 22 heavy (non-hydrogen) atoms. The number of hydrogen-bond acceptors (Lipinski definition) is 5. The van der Waals surface area contributed by atoms with Crippen molar-refractivity contribution < 1.29 is 9.72 Å². The quantitative estimate of drug-likeness (QED) is 0.626. The van der Waals surface area contributed by atoms with Gasteiger partial charge in [0.05, 0.1) is 11.3 Å². The molecule has 0 atom stereocenters. The van der Waals surface area contributed by atoms with Crippen molar-refractivity contribution in [3.05, 3.63) is 52.6 Å². The molecule has 0 aliphatic carbocycles. The molecule has 8 nitrogen and oxygen atoms in total. The van der Waals surface area contributed by atoms with Crippen molar-refractivity contribution >= 4 is 11.6 Å². The zero-order valence-corrected chi connectivity index (χ0v) is 11.7. The lowest BCUT2D eigenvalue weighted by molar-refractivity contribution is -0.384. The van der Waals surface area contributed by atoms with E-state index in [2.05, 4.69) is 15.6 Å². The molecule has 114 valence electrons. The summed E-state index contributed by atoms with van der Waals surface area (Å²) in [6.07, 6.45) is 4.63. The topological polar surface area (TPSA) is 102 Å². The lowest BCUT2D eigenvalue weighted by atomic mass is 10.0. The molecule has 2 heterocycles. The lowest BCUT2D eigenvalue weighted by Crippen LogP contribution is -2.48. The smallest absolute Gasteiger partial charge is 0.294 e. The maximum atomic E-state index is 12.1. The summed E-state index contributed by atoms with van der Waals surface area (Å²) in [6.45, 7) is 2.35. The third-order valence-corrected chi connectivity index (χ3v) is 3.63. The Morgan fingerprint density at radius 1 is 1.50 bits per heavy atom. The Morgan fingerprint density at radius 2 is 2.32 bits per heavy atom. The van der Waals surface area contributed by atoms with E-state index in [-0.39, 0.29) is 17.2 Å². The van der Waals surface area contributed by atoms with Crippen LogP contribution in [0.4, 0.5) is 5.69 Å². The summed E-state index contributed by atoms with van der Waals surface area (Å²) in [5, 5.41) is 17.2. The van der Waals surface area contributed by atoms with Crippen LogP contribution in [0, 0.1) is 16.0 Å². The van der Waals surface area contributed by atoms with Gasteiger partial charge in [-0.15, -0.1) is 0 Å². The molecule has 1 aliphatic heterocycles. The third-order valence-electron chi connectivity index (χ3n) is 3.63. The van der Waals surface area contributed by atoms with E-state index in [0.29, 0.717) is 18.2 Å². The number of benzene rings is 1. The Labute approximate surface area is 126 Å². The highest BCUT2D eigenvalue weighted by atomic mass is 16.6. The van der Waals surface area contributed by atoms with Crippen LogP contribution in [0.2, 0.25) is 0 Å². The first-order valence-corrected chi connectivity index (χ1v) is 6.91. The molecular weight excluding hydrogens is 286 g/mol. The zero-order valence-electron chi connectivity index (χ0n) is 11.7. The first-order valence-electron chi connectivity index (χ1n) is 6.91. The molecule has 1 aromatic heterocycles. The van der Waals surface area contributed by atoms with Crippen molar-refractivity contribution in [2.75, 3.05) is 19.6 Å². The number of hydrogen-bond donors (Lipinski definition) is 2. The van der Waals surface area contributed by atoms with Crippen molar-refractivity contribution in [2.45, 2.75) is 0 Å². The van der Waals surface area contributed by atoms with E-state index in [4.69, 9.17) is 0 Å². The number of nitrogens with one attached hydrogen (secondary N) is 2. The maximum absolute atomic E-state index is 12.1. The van der Waals surface area contributed by atoms with Gasteiger partial charge < -0.3 is 15.2 Å². The monoisotopic (exact) mass is 301 g/mol. The highest BCUT2D eigenvalue weighted by Gasteiger charge is 2.21. The Morgan fingerprint density at radius 3 is 2.91 bits per heavy atom. The molecule has 1 aliphatic rings. The van der Waals surface area contributed by atoms with Crippen LogP contribution in [-0.2, 0) is 0 Å². The van der Waals surface area contributed by atoms with Crippen LogP contribution in [-0.4, -0.2) is 40.0 Å². The number of nitrogens with zero attached hydrogens (tertiary/aromatic N) is 3. The minimum absolute atomic E-state index is 0.129. The summed E-state index contributed by atoms with van der Waals surface area (Å²) in [5.74, 6) is 0.135. The summed E-state index contributed by atoms with van der Waals surface area (Å²) >= 11 is 0. The number of rotatable bonds is 5. The number of carbonyl (C=O) groups excluding carboxylic acids is 1. The average Bonchev–Trinajstić information content (AvgIpc) is 2.98. The van der Waals surface area contributed by atoms with Crippen molar-refractivity contribution in [3.63, 3.8) is 0 Å². The molecule has 8 heteroatoms. The molecule has 1 saturated heterocycles. The summed E-state index contributed by atoms with van der Waals surface area (Å²) in [6, 6.07) is 4.43. The molecule has 3 rings (SSSR count). The average molecular weight is 301 g/mol. The molecule has 1 amide bonds. The first kappa shape index (κ1) is 14.2. The fourth-order valence-corrected chi connectivity index (χ4v) is 2.26. The highest BCUT2D eigenvalue weighted by Crippen LogP contribution is 2.24. The van der Waals surface area contributed by atoms with Crippen molar-refractivity contribution in [2.24, 2.45) is 5.92 Å². The Kier molecular flexibility index (Phi) is 3.84. The van der Waals surface area contributed by atoms with Crippen LogP contribution < -0.4 is 10.6 Å². The van der Waals surface area contributed by atoms with E-state index in [1.807, 2.05) is 0 Å². The standard InChI is InChI=1S/C14H15N5O3/c20-14(17-8-10-6-16-7-10)11-1-2-12(13(5-11)19(21)22)18-4-3-15-9-18/h1-5,9-10,16H,6-8H2,(H,17,20). The van der Waals surface area contributed by atoms with Gasteiger partial charge in [-0.2, -0.15) is 0 Å². The van der Waals surface area contributed by atoms with Gasteiger partial charge in [0.15, 0.2) is 0 Å². The van der Waals surface area contributed by atoms with E-state index in [1.54, 1.807) is 22.9 Å². The van der Waals surface area contributed by atoms with Crippen LogP contribution in [0.1, 0.15) is 10.4 Å². The van der Waals surface area contributed by atoms with Gasteiger partial charge in [-0.1, -0.05) is 0 Å². The predicted octanol–water partition coefficient (Wildman–Crippen LogP) is 0.730. The minimum atomic E-state index is -0.498. The van der Waals surface area contributed by atoms with Gasteiger partial charge in [0.1, 0.15) is 5.69 Å². The van der Waals surface area contributed by atoms with Gasteiger partial charge in [0.25, 0.3) is 11.6 Å². The van der Waals surface area contributed by atoms with E-state index in [1.165, 1.54) is 18.6 Å². The largest absolute Gasteiger partial charge is 0.352 e. The number of nitro benzene ring substituents is 1. The van der Waals surface area contributed by atoms with Gasteiger partial charge in [0, 0.05) is 49.6 Å². The van der Waals surface area contributed by atoms with Crippen LogP contribution in [0.15, 0.2) is 36.9 Å². The number of nitro groups is 1. The molecule has 0 unspecified atom stereocenters. The molecule has 0 spiro atoms. The van der Waals surface area contributed by atoms with E-state index in [9.17, 15) is 14.9 Å². The molecule has 0 saturated carbocycles. The summed E-state index contributed by atoms with van der Waals surface area (Å²) in [7, 11) is 0. The van der Waals surface area contributed by atoms with Gasteiger partial charge in [-0.3, -0.25) is 14.9 Å². The van der Waals surface area contributed by atoms with Gasteiger partial charge in [-0.25, -0.2) is 4.98 Å². The summed E-state index contributed by atoms with van der Waals surface area (Å²) in [4.78, 5) is 26.7. The van der Waals surface area contributed by atoms with Crippen LogP contribution in [0.3, 0.4) is 0 Å². The van der Waals surface area contributed by atoms with Crippen molar-refractivity contribution in [1.82, 2.24) is 20.2 Å². The fraction of sp³-hybridized carbons (Fsp3) is 0.286. The van der Waals surface area contributed by atoms with Crippen LogP contribution in [0.5, 0.6) is 0 Å². The summed E-state index contributed by atoms with van der Waals surface area (Å²) < 4.78 is 1.54. The predicted molar refractivity (Wildman–Crippen MR) is 78.9 cm³/mol. The molecule has 2 aromatic rings. The number of carbonyl (C=O) groups is 1. The maximum Gasteiger partial charge on any atom is 0.294 e. The lowest BCUT2D eigenvalue weighted by Gasteiger charge is -2.27. The number of aromatic nitrogens is 2. The molecular formula is C14H15N5O3. The minimum Gasteiger partial charge on any atom is -0.352 e. The molecule has 1 fully saturated rings. The van der Waals surface area contributed by atoms with E-state index in [0.717, 1.165) is 13.1 Å². The Balaban J connectivity index is 1.82. The molecule has 0 radical (unpaired) electrons. The van der Waals surface area contributed by atoms with Gasteiger partial charge in [0.2, 0.25) is 0 Å². The zero-order chi connectivity index (χ0) is 15.5. The number of imidazole rings is 1. The molecule has 1 aromatic carbocycles. The second kappa shape index (κ2) is 5.94. The van der Waals surface area contributed by atoms with E-state index < -0.39 is 4.92 Å². The second-order valence-electron chi connectivity index (χ2n) is 5.16. The Hall–Kier alpha value is -2.74. The van der Waals surface area contributed by atoms with Gasteiger partial charge in [-0.05, 0) is 12.1 Å². The van der Waals surface area contributed by atoms with Crippen LogP contribution >= 0.6 is 0 Å². The third kappa shape index (κ3) is 2.82. The van der Waals surface area contributed by atoms with E-state index >= 15 is 0 Å². The molecule has 2 N–H and O–H groups in total. The highest BCUT2D eigenvalue weighted by molar-refractivity contribution is 5.95. The fourth-order valence-electron chi connectivity index (χ4n) is 2.26. The SMILES string of the molecule is O=C(NCC1CNC1)c1ccc(-n2ccnc2)c([N+](=O)[O-])c1.